The molecule has 38 heavy (non-hydrogen) atoms. The Hall–Kier alpha value is -3.73. The summed E-state index contributed by atoms with van der Waals surface area (Å²) in [6.45, 7) is 7.30. The molecular weight excluding hydrogens is 480 g/mol. The molecule has 2 amide bonds. The molecule has 3 atom stereocenters. The number of anilines is 1. The lowest BCUT2D eigenvalue weighted by Crippen LogP contribution is -2.57. The van der Waals surface area contributed by atoms with E-state index < -0.39 is 11.7 Å². The van der Waals surface area contributed by atoms with Crippen LogP contribution in [-0.2, 0) is 28.9 Å². The molecule has 2 aromatic carbocycles. The molecular formula is C30H36N4O4. The third-order valence-electron chi connectivity index (χ3n) is 7.67. The molecule has 3 unspecified atom stereocenters. The number of hydrogen-bond donors (Lipinski definition) is 1. The van der Waals surface area contributed by atoms with Crippen molar-refractivity contribution < 1.29 is 19.1 Å². The first-order valence-corrected chi connectivity index (χ1v) is 13.5. The predicted octanol–water partition coefficient (Wildman–Crippen LogP) is 4.93. The van der Waals surface area contributed by atoms with Crippen molar-refractivity contribution in [3.05, 3.63) is 64.7 Å². The number of piperazine rings is 1. The van der Waals surface area contributed by atoms with Gasteiger partial charge in [-0.25, -0.2) is 9.59 Å². The van der Waals surface area contributed by atoms with Gasteiger partial charge in [-0.05, 0) is 75.6 Å². The molecule has 2 aromatic rings. The highest BCUT2D eigenvalue weighted by atomic mass is 16.6. The molecule has 5 rings (SSSR count). The fourth-order valence-corrected chi connectivity index (χ4v) is 6.00. The maximum absolute atomic E-state index is 12.8. The van der Waals surface area contributed by atoms with Crippen molar-refractivity contribution in [1.82, 2.24) is 10.2 Å². The van der Waals surface area contributed by atoms with Crippen LogP contribution >= 0.6 is 0 Å². The van der Waals surface area contributed by atoms with Gasteiger partial charge in [0, 0.05) is 19.1 Å². The Morgan fingerprint density at radius 1 is 1.05 bits per heavy atom. The summed E-state index contributed by atoms with van der Waals surface area (Å²) in [4.78, 5) is 29.4. The smallest absolute Gasteiger partial charge is 0.410 e. The molecule has 0 saturated carbocycles. The highest BCUT2D eigenvalue weighted by molar-refractivity contribution is 5.72. The normalized spacial score (nSPS) is 22.3. The summed E-state index contributed by atoms with van der Waals surface area (Å²) in [6.07, 6.45) is 3.38. The average molecular weight is 517 g/mol. The van der Waals surface area contributed by atoms with Gasteiger partial charge in [0.2, 0.25) is 0 Å². The summed E-state index contributed by atoms with van der Waals surface area (Å²) in [5.74, 6) is 0. The first-order valence-electron chi connectivity index (χ1n) is 13.5. The number of nitriles is 1. The molecule has 0 spiro atoms. The molecule has 200 valence electrons. The lowest BCUT2D eigenvalue weighted by Gasteiger charge is -2.43. The second-order valence-corrected chi connectivity index (χ2v) is 11.5. The van der Waals surface area contributed by atoms with Crippen molar-refractivity contribution in [1.29, 1.82) is 5.26 Å². The summed E-state index contributed by atoms with van der Waals surface area (Å²) in [5.41, 5.74) is 4.26. The molecule has 2 fully saturated rings. The van der Waals surface area contributed by atoms with Gasteiger partial charge in [0.25, 0.3) is 0 Å². The minimum absolute atomic E-state index is 0.0311. The largest absolute Gasteiger partial charge is 0.445 e. The van der Waals surface area contributed by atoms with Crippen molar-refractivity contribution in [3.63, 3.8) is 0 Å². The van der Waals surface area contributed by atoms with Crippen LogP contribution in [0.1, 0.15) is 62.3 Å². The van der Waals surface area contributed by atoms with Crippen molar-refractivity contribution in [2.75, 3.05) is 18.0 Å². The number of rotatable bonds is 4. The Kier molecular flexibility index (Phi) is 7.20. The quantitative estimate of drug-likeness (QED) is 0.619. The van der Waals surface area contributed by atoms with Crippen LogP contribution in [0.15, 0.2) is 42.5 Å². The second kappa shape index (κ2) is 10.6. The average Bonchev–Trinajstić information content (AvgIpc) is 3.16. The number of benzene rings is 2. The van der Waals surface area contributed by atoms with E-state index in [1.54, 1.807) is 0 Å². The highest BCUT2D eigenvalue weighted by Gasteiger charge is 2.45. The van der Waals surface area contributed by atoms with Gasteiger partial charge in [-0.15, -0.1) is 0 Å². The van der Waals surface area contributed by atoms with E-state index in [2.05, 4.69) is 22.4 Å². The lowest BCUT2D eigenvalue weighted by atomic mass is 9.84. The van der Waals surface area contributed by atoms with Crippen LogP contribution in [0.2, 0.25) is 0 Å². The minimum atomic E-state index is -0.522. The van der Waals surface area contributed by atoms with Crippen molar-refractivity contribution in [2.45, 2.75) is 83.2 Å². The molecule has 0 aromatic heterocycles. The predicted molar refractivity (Wildman–Crippen MR) is 144 cm³/mol. The molecule has 1 aliphatic carbocycles. The summed E-state index contributed by atoms with van der Waals surface area (Å²) in [6, 6.07) is 16.4. The maximum Gasteiger partial charge on any atom is 0.410 e. The van der Waals surface area contributed by atoms with E-state index in [0.29, 0.717) is 19.5 Å². The molecule has 2 aliphatic heterocycles. The Labute approximate surface area is 224 Å². The first-order chi connectivity index (χ1) is 18.2. The number of carbonyl (C=O) groups is 2. The molecule has 2 bridgehead atoms. The van der Waals surface area contributed by atoms with Gasteiger partial charge in [0.05, 0.1) is 23.3 Å². The van der Waals surface area contributed by atoms with E-state index in [1.165, 1.54) is 0 Å². The Morgan fingerprint density at radius 2 is 1.76 bits per heavy atom. The van der Waals surface area contributed by atoms with Gasteiger partial charge < -0.3 is 19.7 Å². The summed E-state index contributed by atoms with van der Waals surface area (Å²) in [7, 11) is 0. The second-order valence-electron chi connectivity index (χ2n) is 11.5. The molecule has 0 radical (unpaired) electrons. The third kappa shape index (κ3) is 5.57. The standard InChI is InChI=1S/C30H36N4O4/c1-30(2,3)38-29(36)34-23-11-12-24(34)18-33(17-23)27-14-9-21-15-22(10-13-25(21)26(27)16-31)32-28(35)37-19-20-7-5-4-6-8-20/h4-9,14,22-24H,10-13,15,17-19H2,1-3H3,(H,32,35). The van der Waals surface area contributed by atoms with Crippen LogP contribution in [0.5, 0.6) is 0 Å². The molecule has 3 aliphatic rings. The number of fused-ring (bicyclic) bond motifs is 3. The number of nitrogens with one attached hydrogen (secondary N) is 1. The van der Waals surface area contributed by atoms with Gasteiger partial charge in [-0.1, -0.05) is 36.4 Å². The zero-order valence-corrected chi connectivity index (χ0v) is 22.4. The van der Waals surface area contributed by atoms with Crippen LogP contribution in [-0.4, -0.2) is 53.9 Å². The van der Waals surface area contributed by atoms with E-state index in [1.807, 2.05) is 62.1 Å². The lowest BCUT2D eigenvalue weighted by molar-refractivity contribution is 0.0123. The molecule has 8 heteroatoms. The number of hydrogen-bond acceptors (Lipinski definition) is 6. The summed E-state index contributed by atoms with van der Waals surface area (Å²) in [5, 5.41) is 13.2. The van der Waals surface area contributed by atoms with E-state index in [-0.39, 0.29) is 30.8 Å². The van der Waals surface area contributed by atoms with Crippen molar-refractivity contribution in [2.24, 2.45) is 0 Å². The molecule has 2 saturated heterocycles. The fraction of sp³-hybridized carbons (Fsp3) is 0.500. The maximum atomic E-state index is 12.8. The van der Waals surface area contributed by atoms with E-state index >= 15 is 0 Å². The fourth-order valence-electron chi connectivity index (χ4n) is 6.00. The highest BCUT2D eigenvalue weighted by Crippen LogP contribution is 2.37. The van der Waals surface area contributed by atoms with Crippen LogP contribution in [0.3, 0.4) is 0 Å². The first kappa shape index (κ1) is 25.9. The SMILES string of the molecule is CC(C)(C)OC(=O)N1C2CCC1CN(c1ccc3c(c1C#N)CCC(NC(=O)OCc1ccccc1)C3)C2. The zero-order valence-electron chi connectivity index (χ0n) is 22.4. The van der Waals surface area contributed by atoms with Gasteiger partial charge in [0.15, 0.2) is 0 Å². The van der Waals surface area contributed by atoms with E-state index in [4.69, 9.17) is 9.47 Å². The monoisotopic (exact) mass is 516 g/mol. The zero-order chi connectivity index (χ0) is 26.9. The minimum Gasteiger partial charge on any atom is -0.445 e. The Morgan fingerprint density at radius 3 is 2.42 bits per heavy atom. The van der Waals surface area contributed by atoms with Gasteiger partial charge in [-0.3, -0.25) is 4.90 Å². The Bertz CT molecular complexity index is 1220. The number of nitrogens with zero attached hydrogens (tertiary/aromatic N) is 3. The number of amides is 2. The molecule has 1 N–H and O–H groups in total. The van der Waals surface area contributed by atoms with Crippen LogP contribution in [0.25, 0.3) is 0 Å². The van der Waals surface area contributed by atoms with Gasteiger partial charge in [0.1, 0.15) is 18.3 Å². The number of carbonyl (C=O) groups excluding carboxylic acids is 2. The van der Waals surface area contributed by atoms with E-state index in [0.717, 1.165) is 53.6 Å². The molecule has 2 heterocycles. The summed E-state index contributed by atoms with van der Waals surface area (Å²) < 4.78 is 11.1. The van der Waals surface area contributed by atoms with Gasteiger partial charge >= 0.3 is 12.2 Å². The van der Waals surface area contributed by atoms with Crippen LogP contribution in [0, 0.1) is 11.3 Å². The van der Waals surface area contributed by atoms with Gasteiger partial charge in [-0.2, -0.15) is 5.26 Å². The number of alkyl carbamates (subject to hydrolysis) is 1. The van der Waals surface area contributed by atoms with Crippen LogP contribution in [0.4, 0.5) is 15.3 Å². The summed E-state index contributed by atoms with van der Waals surface area (Å²) >= 11 is 0. The number of ether oxygens (including phenoxy) is 2. The topological polar surface area (TPSA) is 94.9 Å². The Balaban J connectivity index is 1.23. The van der Waals surface area contributed by atoms with Crippen molar-refractivity contribution >= 4 is 17.9 Å². The van der Waals surface area contributed by atoms with Crippen LogP contribution < -0.4 is 10.2 Å². The molecule has 8 nitrogen and oxygen atoms in total. The third-order valence-corrected chi connectivity index (χ3v) is 7.67. The van der Waals surface area contributed by atoms with Crippen molar-refractivity contribution in [3.8, 4) is 6.07 Å². The van der Waals surface area contributed by atoms with E-state index in [9.17, 15) is 14.9 Å².